The van der Waals surface area contributed by atoms with Gasteiger partial charge in [-0.1, -0.05) is 58.7 Å². The second kappa shape index (κ2) is 8.94. The molecule has 3 aromatic carbocycles. The van der Waals surface area contributed by atoms with Gasteiger partial charge >= 0.3 is 0 Å². The van der Waals surface area contributed by atoms with E-state index in [-0.39, 0.29) is 11.3 Å². The van der Waals surface area contributed by atoms with Crippen LogP contribution in [0.15, 0.2) is 65.8 Å². The van der Waals surface area contributed by atoms with E-state index in [1.165, 1.54) is 11.8 Å². The van der Waals surface area contributed by atoms with Crippen LogP contribution in [-0.2, 0) is 5.75 Å². The van der Waals surface area contributed by atoms with Gasteiger partial charge in [0.05, 0.1) is 20.8 Å². The van der Waals surface area contributed by atoms with E-state index < -0.39 is 11.6 Å². The summed E-state index contributed by atoms with van der Waals surface area (Å²) in [6.07, 6.45) is 0. The first-order valence-corrected chi connectivity index (χ1v) is 10.8. The van der Waals surface area contributed by atoms with Crippen molar-refractivity contribution >= 4 is 46.6 Å². The van der Waals surface area contributed by atoms with E-state index in [9.17, 15) is 8.78 Å². The Morgan fingerprint density at radius 1 is 0.833 bits per heavy atom. The zero-order chi connectivity index (χ0) is 21.3. The molecule has 1 heterocycles. The average Bonchev–Trinajstić information content (AvgIpc) is 3.15. The zero-order valence-corrected chi connectivity index (χ0v) is 18.2. The van der Waals surface area contributed by atoms with Gasteiger partial charge in [0.15, 0.2) is 11.0 Å². The lowest BCUT2D eigenvalue weighted by Crippen LogP contribution is -2.01. The van der Waals surface area contributed by atoms with E-state index in [0.29, 0.717) is 37.3 Å². The first-order chi connectivity index (χ1) is 14.4. The summed E-state index contributed by atoms with van der Waals surface area (Å²) in [5, 5.41) is 10.3. The quantitative estimate of drug-likeness (QED) is 0.276. The molecule has 0 spiro atoms. The van der Waals surface area contributed by atoms with E-state index in [4.69, 9.17) is 34.8 Å². The SMILES string of the molecule is Fc1ccc(F)c(CSc2nnc(-c3ccccc3Cl)n2-c2ccc(Cl)c(Cl)c2)c1. The molecule has 0 amide bonds. The molecule has 0 aliphatic carbocycles. The highest BCUT2D eigenvalue weighted by atomic mass is 35.5. The second-order valence-corrected chi connectivity index (χ2v) is 8.41. The summed E-state index contributed by atoms with van der Waals surface area (Å²) in [5.41, 5.74) is 1.55. The van der Waals surface area contributed by atoms with Crippen LogP contribution in [0.1, 0.15) is 5.56 Å². The molecule has 0 bridgehead atoms. The van der Waals surface area contributed by atoms with Crippen molar-refractivity contribution in [3.63, 3.8) is 0 Å². The van der Waals surface area contributed by atoms with Gasteiger partial charge in [0.1, 0.15) is 11.6 Å². The minimum Gasteiger partial charge on any atom is -0.270 e. The summed E-state index contributed by atoms with van der Waals surface area (Å²) >= 11 is 19.9. The molecule has 9 heteroatoms. The molecule has 152 valence electrons. The summed E-state index contributed by atoms with van der Waals surface area (Å²) in [6.45, 7) is 0. The molecule has 0 saturated heterocycles. The number of thioether (sulfide) groups is 1. The number of aromatic nitrogens is 3. The maximum absolute atomic E-state index is 14.0. The van der Waals surface area contributed by atoms with Gasteiger partial charge < -0.3 is 0 Å². The molecule has 0 unspecified atom stereocenters. The Morgan fingerprint density at radius 3 is 2.40 bits per heavy atom. The van der Waals surface area contributed by atoms with Gasteiger partial charge in [0.2, 0.25) is 0 Å². The van der Waals surface area contributed by atoms with Crippen LogP contribution in [0.4, 0.5) is 8.78 Å². The number of hydrogen-bond donors (Lipinski definition) is 0. The predicted molar refractivity (Wildman–Crippen MR) is 118 cm³/mol. The molecular formula is C21H12Cl3F2N3S. The van der Waals surface area contributed by atoms with E-state index in [0.717, 1.165) is 18.2 Å². The molecule has 0 N–H and O–H groups in total. The van der Waals surface area contributed by atoms with Crippen molar-refractivity contribution in [2.24, 2.45) is 0 Å². The fourth-order valence-corrected chi connectivity index (χ4v) is 4.27. The standard InChI is InChI=1S/C21H12Cl3F2N3S/c22-16-4-2-1-3-15(16)20-27-28-21(29(20)14-6-7-17(23)18(24)10-14)30-11-12-9-13(25)5-8-19(12)26/h1-10H,11H2. The number of rotatable bonds is 5. The molecule has 0 atom stereocenters. The minimum absolute atomic E-state index is 0.158. The number of nitrogens with zero attached hydrogens (tertiary/aromatic N) is 3. The van der Waals surface area contributed by atoms with Crippen molar-refractivity contribution in [3.8, 4) is 17.1 Å². The highest BCUT2D eigenvalue weighted by Crippen LogP contribution is 2.35. The molecule has 4 aromatic rings. The van der Waals surface area contributed by atoms with Gasteiger partial charge in [0.25, 0.3) is 0 Å². The largest absolute Gasteiger partial charge is 0.270 e. The summed E-state index contributed by atoms with van der Waals surface area (Å²) in [5.74, 6) is -0.349. The zero-order valence-electron chi connectivity index (χ0n) is 15.1. The molecule has 0 saturated carbocycles. The Balaban J connectivity index is 1.79. The summed E-state index contributed by atoms with van der Waals surface area (Å²) in [4.78, 5) is 0. The van der Waals surface area contributed by atoms with Crippen LogP contribution in [0.5, 0.6) is 0 Å². The van der Waals surface area contributed by atoms with E-state index in [2.05, 4.69) is 10.2 Å². The molecule has 0 radical (unpaired) electrons. The van der Waals surface area contributed by atoms with Crippen molar-refractivity contribution < 1.29 is 8.78 Å². The van der Waals surface area contributed by atoms with Crippen LogP contribution in [0, 0.1) is 11.6 Å². The Morgan fingerprint density at radius 2 is 1.63 bits per heavy atom. The van der Waals surface area contributed by atoms with E-state index in [1.807, 2.05) is 18.2 Å². The van der Waals surface area contributed by atoms with Gasteiger partial charge in [-0.25, -0.2) is 8.78 Å². The lowest BCUT2D eigenvalue weighted by molar-refractivity contribution is 0.591. The Labute approximate surface area is 190 Å². The van der Waals surface area contributed by atoms with Crippen molar-refractivity contribution in [1.82, 2.24) is 14.8 Å². The van der Waals surface area contributed by atoms with Gasteiger partial charge in [-0.2, -0.15) is 0 Å². The van der Waals surface area contributed by atoms with Crippen molar-refractivity contribution in [1.29, 1.82) is 0 Å². The maximum Gasteiger partial charge on any atom is 0.196 e. The van der Waals surface area contributed by atoms with Crippen LogP contribution in [-0.4, -0.2) is 14.8 Å². The van der Waals surface area contributed by atoms with Crippen molar-refractivity contribution in [2.75, 3.05) is 0 Å². The lowest BCUT2D eigenvalue weighted by atomic mass is 10.2. The van der Waals surface area contributed by atoms with E-state index in [1.54, 1.807) is 28.8 Å². The molecule has 0 fully saturated rings. The molecule has 30 heavy (non-hydrogen) atoms. The average molecular weight is 483 g/mol. The highest BCUT2D eigenvalue weighted by molar-refractivity contribution is 7.98. The van der Waals surface area contributed by atoms with Crippen LogP contribution in [0.3, 0.4) is 0 Å². The van der Waals surface area contributed by atoms with E-state index >= 15 is 0 Å². The maximum atomic E-state index is 14.0. The number of benzene rings is 3. The van der Waals surface area contributed by atoms with Gasteiger partial charge in [-0.15, -0.1) is 10.2 Å². The molecular weight excluding hydrogens is 471 g/mol. The van der Waals surface area contributed by atoms with Crippen LogP contribution in [0.2, 0.25) is 15.1 Å². The third-order valence-corrected chi connectivity index (χ3v) is 6.32. The highest BCUT2D eigenvalue weighted by Gasteiger charge is 2.19. The van der Waals surface area contributed by atoms with Crippen LogP contribution < -0.4 is 0 Å². The molecule has 0 aliphatic heterocycles. The summed E-state index contributed by atoms with van der Waals surface area (Å²) in [7, 11) is 0. The summed E-state index contributed by atoms with van der Waals surface area (Å²) < 4.78 is 29.3. The third-order valence-electron chi connectivity index (χ3n) is 4.27. The first-order valence-electron chi connectivity index (χ1n) is 8.66. The second-order valence-electron chi connectivity index (χ2n) is 6.24. The van der Waals surface area contributed by atoms with Crippen molar-refractivity contribution in [3.05, 3.63) is 92.9 Å². The van der Waals surface area contributed by atoms with Crippen LogP contribution >= 0.6 is 46.6 Å². The minimum atomic E-state index is -0.505. The third kappa shape index (κ3) is 4.32. The monoisotopic (exact) mass is 481 g/mol. The predicted octanol–water partition coefficient (Wildman–Crippen LogP) is 7.47. The molecule has 0 aliphatic rings. The lowest BCUT2D eigenvalue weighted by Gasteiger charge is -2.12. The van der Waals surface area contributed by atoms with Crippen molar-refractivity contribution in [2.45, 2.75) is 10.9 Å². The summed E-state index contributed by atoms with van der Waals surface area (Å²) in [6, 6.07) is 15.7. The first kappa shape index (κ1) is 21.1. The topological polar surface area (TPSA) is 30.7 Å². The van der Waals surface area contributed by atoms with Gasteiger partial charge in [0, 0.05) is 16.9 Å². The Hall–Kier alpha value is -2.12. The Kier molecular flexibility index (Phi) is 6.29. The molecule has 4 rings (SSSR count). The van der Waals surface area contributed by atoms with Gasteiger partial charge in [-0.3, -0.25) is 4.57 Å². The normalized spacial score (nSPS) is 11.1. The molecule has 3 nitrogen and oxygen atoms in total. The smallest absolute Gasteiger partial charge is 0.196 e. The fraction of sp³-hybridized carbons (Fsp3) is 0.0476. The molecule has 1 aromatic heterocycles. The fourth-order valence-electron chi connectivity index (χ4n) is 2.83. The Bertz CT molecular complexity index is 1230. The van der Waals surface area contributed by atoms with Gasteiger partial charge in [-0.05, 0) is 48.5 Å². The number of halogens is 5. The van der Waals surface area contributed by atoms with Crippen LogP contribution in [0.25, 0.3) is 17.1 Å². The number of hydrogen-bond acceptors (Lipinski definition) is 3.